The molecule has 2 N–H and O–H groups in total. The van der Waals surface area contributed by atoms with E-state index in [1.165, 1.54) is 33.5 Å². The number of nitrogens with one attached hydrogen (secondary N) is 2. The fourth-order valence-electron chi connectivity index (χ4n) is 3.60. The average molecular weight is 492 g/mol. The zero-order valence-corrected chi connectivity index (χ0v) is 20.0. The number of benzene rings is 3. The number of halogens is 1. The van der Waals surface area contributed by atoms with E-state index in [2.05, 4.69) is 15.8 Å². The number of carbonyl (C=O) groups excluding carboxylic acids is 2. The SMILES string of the molecule is COc1cc(C(=O)NNC(=O)c2cc(-c3ccc(Cl)cc3)nc3ccccc23)cc(OC)c1OC. The minimum atomic E-state index is -0.561. The second-order valence-electron chi connectivity index (χ2n) is 7.40. The van der Waals surface area contributed by atoms with E-state index in [1.807, 2.05) is 30.3 Å². The highest BCUT2D eigenvalue weighted by atomic mass is 35.5. The first-order valence-electron chi connectivity index (χ1n) is 10.5. The molecule has 0 saturated carbocycles. The molecule has 4 rings (SSSR count). The number of amides is 2. The Morgan fingerprint density at radius 1 is 0.800 bits per heavy atom. The van der Waals surface area contributed by atoms with Crippen LogP contribution in [0.2, 0.25) is 5.02 Å². The molecule has 0 spiro atoms. The lowest BCUT2D eigenvalue weighted by atomic mass is 10.0. The number of ether oxygens (including phenoxy) is 3. The predicted molar refractivity (Wildman–Crippen MR) is 133 cm³/mol. The molecule has 178 valence electrons. The molecule has 8 nitrogen and oxygen atoms in total. The number of nitrogens with zero attached hydrogens (tertiary/aromatic N) is 1. The van der Waals surface area contributed by atoms with Gasteiger partial charge in [-0.25, -0.2) is 4.98 Å². The number of pyridine rings is 1. The first-order chi connectivity index (χ1) is 16.9. The molecule has 0 aliphatic heterocycles. The van der Waals surface area contributed by atoms with E-state index < -0.39 is 11.8 Å². The van der Waals surface area contributed by atoms with Gasteiger partial charge in [0.05, 0.1) is 38.1 Å². The molecule has 4 aromatic rings. The summed E-state index contributed by atoms with van der Waals surface area (Å²) in [6, 6.07) is 19.1. The van der Waals surface area contributed by atoms with Crippen molar-refractivity contribution in [3.8, 4) is 28.5 Å². The van der Waals surface area contributed by atoms with Gasteiger partial charge in [-0.05, 0) is 36.4 Å². The second kappa shape index (κ2) is 10.3. The molecule has 0 bridgehead atoms. The highest BCUT2D eigenvalue weighted by Crippen LogP contribution is 2.38. The van der Waals surface area contributed by atoms with Crippen LogP contribution in [0.3, 0.4) is 0 Å². The third-order valence-electron chi connectivity index (χ3n) is 5.32. The maximum Gasteiger partial charge on any atom is 0.270 e. The van der Waals surface area contributed by atoms with Crippen molar-refractivity contribution in [3.05, 3.63) is 82.9 Å². The van der Waals surface area contributed by atoms with Crippen LogP contribution in [0.4, 0.5) is 0 Å². The lowest BCUT2D eigenvalue weighted by Crippen LogP contribution is -2.41. The van der Waals surface area contributed by atoms with Crippen LogP contribution in [0.25, 0.3) is 22.2 Å². The van der Waals surface area contributed by atoms with Crippen molar-refractivity contribution in [3.63, 3.8) is 0 Å². The maximum atomic E-state index is 13.1. The number of hydrogen-bond acceptors (Lipinski definition) is 6. The summed E-state index contributed by atoms with van der Waals surface area (Å²) in [5.74, 6) is -0.0748. The van der Waals surface area contributed by atoms with Gasteiger partial charge in [0.1, 0.15) is 0 Å². The summed E-state index contributed by atoms with van der Waals surface area (Å²) >= 11 is 6.00. The van der Waals surface area contributed by atoms with E-state index in [0.717, 1.165) is 5.56 Å². The van der Waals surface area contributed by atoms with Crippen LogP contribution in [-0.4, -0.2) is 38.1 Å². The van der Waals surface area contributed by atoms with Gasteiger partial charge in [-0.2, -0.15) is 0 Å². The quantitative estimate of drug-likeness (QED) is 0.381. The van der Waals surface area contributed by atoms with E-state index in [9.17, 15) is 9.59 Å². The number of methoxy groups -OCH3 is 3. The van der Waals surface area contributed by atoms with Crippen molar-refractivity contribution in [1.82, 2.24) is 15.8 Å². The number of fused-ring (bicyclic) bond motifs is 1. The molecule has 1 heterocycles. The monoisotopic (exact) mass is 491 g/mol. The molecule has 0 unspecified atom stereocenters. The summed E-state index contributed by atoms with van der Waals surface area (Å²) < 4.78 is 15.9. The predicted octanol–water partition coefficient (Wildman–Crippen LogP) is 4.66. The van der Waals surface area contributed by atoms with Crippen molar-refractivity contribution < 1.29 is 23.8 Å². The number of rotatable bonds is 6. The standard InChI is InChI=1S/C26H22ClN3O5/c1-33-22-12-16(13-23(34-2)24(22)35-3)25(31)29-30-26(32)19-14-21(15-8-10-17(27)11-9-15)28-20-7-5-4-6-18(19)20/h4-14H,1-3H3,(H,29,31)(H,30,32). The summed E-state index contributed by atoms with van der Waals surface area (Å²) in [6.07, 6.45) is 0. The molecule has 0 fully saturated rings. The maximum absolute atomic E-state index is 13.1. The van der Waals surface area contributed by atoms with Gasteiger partial charge in [-0.1, -0.05) is 41.9 Å². The average Bonchev–Trinajstić information content (AvgIpc) is 2.90. The Balaban J connectivity index is 1.62. The molecular weight excluding hydrogens is 470 g/mol. The van der Waals surface area contributed by atoms with Crippen LogP contribution in [0.5, 0.6) is 17.2 Å². The van der Waals surface area contributed by atoms with Gasteiger partial charge in [0.15, 0.2) is 11.5 Å². The van der Waals surface area contributed by atoms with Crippen LogP contribution < -0.4 is 25.1 Å². The first-order valence-corrected chi connectivity index (χ1v) is 10.9. The van der Waals surface area contributed by atoms with Crippen molar-refractivity contribution in [1.29, 1.82) is 0 Å². The minimum Gasteiger partial charge on any atom is -0.493 e. The molecule has 2 amide bonds. The molecule has 35 heavy (non-hydrogen) atoms. The number of para-hydroxylation sites is 1. The Bertz CT molecular complexity index is 1380. The fourth-order valence-corrected chi connectivity index (χ4v) is 3.72. The number of hydrazine groups is 1. The normalized spacial score (nSPS) is 10.5. The van der Waals surface area contributed by atoms with E-state index in [1.54, 1.807) is 24.3 Å². The number of carbonyl (C=O) groups is 2. The Hall–Kier alpha value is -4.30. The third-order valence-corrected chi connectivity index (χ3v) is 5.57. The fraction of sp³-hybridized carbons (Fsp3) is 0.115. The number of hydrogen-bond donors (Lipinski definition) is 2. The summed E-state index contributed by atoms with van der Waals surface area (Å²) in [5.41, 5.74) is 7.52. The zero-order chi connectivity index (χ0) is 24.9. The largest absolute Gasteiger partial charge is 0.493 e. The summed E-state index contributed by atoms with van der Waals surface area (Å²) in [4.78, 5) is 30.6. The Morgan fingerprint density at radius 3 is 2.06 bits per heavy atom. The number of aromatic nitrogens is 1. The van der Waals surface area contributed by atoms with Crippen LogP contribution in [0, 0.1) is 0 Å². The highest BCUT2D eigenvalue weighted by Gasteiger charge is 2.19. The van der Waals surface area contributed by atoms with Crippen LogP contribution >= 0.6 is 11.6 Å². The van der Waals surface area contributed by atoms with Gasteiger partial charge in [-0.3, -0.25) is 20.4 Å². The van der Waals surface area contributed by atoms with Crippen LogP contribution in [0.15, 0.2) is 66.7 Å². The van der Waals surface area contributed by atoms with Gasteiger partial charge >= 0.3 is 0 Å². The molecule has 1 aromatic heterocycles. The van der Waals surface area contributed by atoms with Gasteiger partial charge in [0.2, 0.25) is 5.75 Å². The van der Waals surface area contributed by atoms with Crippen LogP contribution in [0.1, 0.15) is 20.7 Å². The van der Waals surface area contributed by atoms with E-state index >= 15 is 0 Å². The molecule has 0 radical (unpaired) electrons. The summed E-state index contributed by atoms with van der Waals surface area (Å²) in [7, 11) is 4.37. The van der Waals surface area contributed by atoms with E-state index in [4.69, 9.17) is 25.8 Å². The Labute approximate surface area is 206 Å². The molecule has 0 aliphatic rings. The molecule has 0 aliphatic carbocycles. The van der Waals surface area contributed by atoms with Gasteiger partial charge in [-0.15, -0.1) is 0 Å². The summed E-state index contributed by atoms with van der Waals surface area (Å²) in [6.45, 7) is 0. The van der Waals surface area contributed by atoms with Crippen molar-refractivity contribution in [2.24, 2.45) is 0 Å². The second-order valence-corrected chi connectivity index (χ2v) is 7.84. The van der Waals surface area contributed by atoms with Gasteiger partial charge < -0.3 is 14.2 Å². The minimum absolute atomic E-state index is 0.209. The van der Waals surface area contributed by atoms with Crippen molar-refractivity contribution in [2.75, 3.05) is 21.3 Å². The van der Waals surface area contributed by atoms with Crippen molar-refractivity contribution >= 4 is 34.3 Å². The molecular formula is C26H22ClN3O5. The Kier molecular flexibility index (Phi) is 7.03. The lowest BCUT2D eigenvalue weighted by Gasteiger charge is -2.15. The highest BCUT2D eigenvalue weighted by molar-refractivity contribution is 6.30. The summed E-state index contributed by atoms with van der Waals surface area (Å²) in [5, 5.41) is 1.24. The first kappa shape index (κ1) is 23.8. The van der Waals surface area contributed by atoms with E-state index in [0.29, 0.717) is 44.4 Å². The third kappa shape index (κ3) is 4.97. The smallest absolute Gasteiger partial charge is 0.270 e. The molecule has 0 atom stereocenters. The molecule has 0 saturated heterocycles. The zero-order valence-electron chi connectivity index (χ0n) is 19.2. The molecule has 9 heteroatoms. The topological polar surface area (TPSA) is 98.8 Å². The van der Waals surface area contributed by atoms with Gasteiger partial charge in [0, 0.05) is 21.5 Å². The Morgan fingerprint density at radius 2 is 1.43 bits per heavy atom. The van der Waals surface area contributed by atoms with Gasteiger partial charge in [0.25, 0.3) is 11.8 Å². The lowest BCUT2D eigenvalue weighted by molar-refractivity contribution is 0.0847. The van der Waals surface area contributed by atoms with Crippen LogP contribution in [-0.2, 0) is 0 Å². The molecule has 3 aromatic carbocycles. The van der Waals surface area contributed by atoms with E-state index in [-0.39, 0.29) is 5.56 Å². The van der Waals surface area contributed by atoms with Crippen molar-refractivity contribution in [2.45, 2.75) is 0 Å².